The molecule has 0 aliphatic heterocycles. The van der Waals surface area contributed by atoms with Gasteiger partial charge in [-0.15, -0.1) is 0 Å². The van der Waals surface area contributed by atoms with Gasteiger partial charge < -0.3 is 5.11 Å². The van der Waals surface area contributed by atoms with Crippen molar-refractivity contribution in [1.82, 2.24) is 4.98 Å². The highest BCUT2D eigenvalue weighted by atomic mass is 19.3. The van der Waals surface area contributed by atoms with E-state index < -0.39 is 34.3 Å². The van der Waals surface area contributed by atoms with Gasteiger partial charge in [0.25, 0.3) is 6.43 Å². The standard InChI is InChI=1S/C6H3F3N2O3/c7-3-4(6(8)9)10-1-2(12)5(3)11(13)14/h1,6,12H. The SMILES string of the molecule is O=[N+]([O-])c1c(O)cnc(C(F)F)c1F. The average Bonchev–Trinajstić information content (AvgIpc) is 2.02. The minimum atomic E-state index is -3.27. The van der Waals surface area contributed by atoms with Crippen LogP contribution in [0.4, 0.5) is 18.9 Å². The van der Waals surface area contributed by atoms with Gasteiger partial charge in [0.15, 0.2) is 0 Å². The highest BCUT2D eigenvalue weighted by Gasteiger charge is 2.28. The molecule has 8 heteroatoms. The molecule has 1 rings (SSSR count). The Bertz CT molecular complexity index is 383. The fourth-order valence-corrected chi connectivity index (χ4v) is 0.808. The van der Waals surface area contributed by atoms with E-state index >= 15 is 0 Å². The fourth-order valence-electron chi connectivity index (χ4n) is 0.808. The molecule has 0 spiro atoms. The number of hydrogen-bond acceptors (Lipinski definition) is 4. The lowest BCUT2D eigenvalue weighted by Crippen LogP contribution is -2.01. The molecule has 0 aliphatic rings. The Kier molecular flexibility index (Phi) is 2.54. The van der Waals surface area contributed by atoms with Crippen LogP contribution in [0.2, 0.25) is 0 Å². The number of halogens is 3. The maximum absolute atomic E-state index is 12.9. The fraction of sp³-hybridized carbons (Fsp3) is 0.167. The summed E-state index contributed by atoms with van der Waals surface area (Å²) in [7, 11) is 0. The number of alkyl halides is 2. The van der Waals surface area contributed by atoms with Gasteiger partial charge in [-0.2, -0.15) is 4.39 Å². The zero-order valence-electron chi connectivity index (χ0n) is 6.45. The molecule has 1 aromatic rings. The summed E-state index contributed by atoms with van der Waals surface area (Å²) in [6.45, 7) is 0. The van der Waals surface area contributed by atoms with E-state index in [9.17, 15) is 23.3 Å². The van der Waals surface area contributed by atoms with Crippen LogP contribution in [0.25, 0.3) is 0 Å². The molecule has 0 aliphatic carbocycles. The molecule has 1 aromatic heterocycles. The molecule has 76 valence electrons. The molecule has 0 radical (unpaired) electrons. The van der Waals surface area contributed by atoms with Crippen molar-refractivity contribution in [3.8, 4) is 5.75 Å². The zero-order valence-corrected chi connectivity index (χ0v) is 6.45. The van der Waals surface area contributed by atoms with E-state index in [2.05, 4.69) is 4.98 Å². The molecule has 0 saturated heterocycles. The van der Waals surface area contributed by atoms with E-state index in [1.54, 1.807) is 0 Å². The van der Waals surface area contributed by atoms with E-state index in [1.807, 2.05) is 0 Å². The molecule has 5 nitrogen and oxygen atoms in total. The Balaban J connectivity index is 3.41. The van der Waals surface area contributed by atoms with Crippen molar-refractivity contribution in [3.05, 3.63) is 27.8 Å². The molecule has 0 bridgehead atoms. The maximum Gasteiger partial charge on any atom is 0.349 e. The molecule has 0 unspecified atom stereocenters. The van der Waals surface area contributed by atoms with Crippen molar-refractivity contribution in [2.75, 3.05) is 0 Å². The van der Waals surface area contributed by atoms with Gasteiger partial charge >= 0.3 is 5.69 Å². The molecule has 0 atom stereocenters. The lowest BCUT2D eigenvalue weighted by molar-refractivity contribution is -0.388. The summed E-state index contributed by atoms with van der Waals surface area (Å²) in [6.07, 6.45) is -2.86. The topological polar surface area (TPSA) is 76.3 Å². The summed E-state index contributed by atoms with van der Waals surface area (Å²) in [5.41, 5.74) is -2.75. The molecule has 1 heterocycles. The third kappa shape index (κ3) is 1.58. The number of nitrogens with zero attached hydrogens (tertiary/aromatic N) is 2. The molecule has 0 aromatic carbocycles. The van der Waals surface area contributed by atoms with E-state index in [4.69, 9.17) is 5.11 Å². The summed E-state index contributed by atoms with van der Waals surface area (Å²) in [6, 6.07) is 0. The third-order valence-corrected chi connectivity index (χ3v) is 1.39. The highest BCUT2D eigenvalue weighted by Crippen LogP contribution is 2.32. The van der Waals surface area contributed by atoms with Crippen LogP contribution in [0.5, 0.6) is 5.75 Å². The summed E-state index contributed by atoms with van der Waals surface area (Å²) in [5.74, 6) is -2.90. The van der Waals surface area contributed by atoms with Gasteiger partial charge in [-0.05, 0) is 0 Å². The molecule has 0 fully saturated rings. The Morgan fingerprint density at radius 1 is 1.57 bits per heavy atom. The molecule has 1 N–H and O–H groups in total. The van der Waals surface area contributed by atoms with Gasteiger partial charge in [-0.3, -0.25) is 10.1 Å². The number of aromatic hydroxyl groups is 1. The second-order valence-corrected chi connectivity index (χ2v) is 2.25. The number of rotatable bonds is 2. The first-order chi connectivity index (χ1) is 6.45. The Labute approximate surface area is 75.0 Å². The Morgan fingerprint density at radius 2 is 2.14 bits per heavy atom. The van der Waals surface area contributed by atoms with Crippen LogP contribution < -0.4 is 0 Å². The number of nitro groups is 1. The zero-order chi connectivity index (χ0) is 10.9. The van der Waals surface area contributed by atoms with Gasteiger partial charge in [0.2, 0.25) is 11.6 Å². The number of hydrogen-bond donors (Lipinski definition) is 1. The molecule has 0 saturated carbocycles. The highest BCUT2D eigenvalue weighted by molar-refractivity contribution is 5.46. The van der Waals surface area contributed by atoms with Crippen molar-refractivity contribution in [3.63, 3.8) is 0 Å². The van der Waals surface area contributed by atoms with Crippen molar-refractivity contribution < 1.29 is 23.2 Å². The van der Waals surface area contributed by atoms with E-state index in [0.717, 1.165) is 0 Å². The van der Waals surface area contributed by atoms with Gasteiger partial charge in [0.1, 0.15) is 5.69 Å². The quantitative estimate of drug-likeness (QED) is 0.593. The first kappa shape index (κ1) is 10.2. The predicted molar refractivity (Wildman–Crippen MR) is 37.5 cm³/mol. The van der Waals surface area contributed by atoms with Crippen LogP contribution in [0.1, 0.15) is 12.1 Å². The molecule has 14 heavy (non-hydrogen) atoms. The van der Waals surface area contributed by atoms with Crippen LogP contribution in [-0.4, -0.2) is 15.0 Å². The smallest absolute Gasteiger partial charge is 0.349 e. The summed E-state index contributed by atoms with van der Waals surface area (Å²) < 4.78 is 36.9. The number of pyridine rings is 1. The van der Waals surface area contributed by atoms with Gasteiger partial charge in [-0.1, -0.05) is 0 Å². The van der Waals surface area contributed by atoms with Gasteiger partial charge in [-0.25, -0.2) is 13.8 Å². The Morgan fingerprint density at radius 3 is 2.57 bits per heavy atom. The van der Waals surface area contributed by atoms with Crippen LogP contribution in [0.3, 0.4) is 0 Å². The van der Waals surface area contributed by atoms with E-state index in [-0.39, 0.29) is 0 Å². The summed E-state index contributed by atoms with van der Waals surface area (Å²) in [4.78, 5) is 11.7. The second-order valence-electron chi connectivity index (χ2n) is 2.25. The maximum atomic E-state index is 12.9. The predicted octanol–water partition coefficient (Wildman–Crippen LogP) is 1.77. The van der Waals surface area contributed by atoms with Crippen molar-refractivity contribution >= 4 is 5.69 Å². The normalized spacial score (nSPS) is 10.6. The van der Waals surface area contributed by atoms with E-state index in [0.29, 0.717) is 6.20 Å². The minimum Gasteiger partial charge on any atom is -0.501 e. The molecule has 0 amide bonds. The molecular formula is C6H3F3N2O3. The summed E-state index contributed by atoms with van der Waals surface area (Å²) in [5, 5.41) is 18.9. The monoisotopic (exact) mass is 208 g/mol. The summed E-state index contributed by atoms with van der Waals surface area (Å²) >= 11 is 0. The van der Waals surface area contributed by atoms with Crippen LogP contribution >= 0.6 is 0 Å². The third-order valence-electron chi connectivity index (χ3n) is 1.39. The van der Waals surface area contributed by atoms with E-state index in [1.165, 1.54) is 0 Å². The van der Waals surface area contributed by atoms with Crippen molar-refractivity contribution in [2.24, 2.45) is 0 Å². The van der Waals surface area contributed by atoms with Crippen LogP contribution in [0.15, 0.2) is 6.20 Å². The minimum absolute atomic E-state index is 0.405. The Hall–Kier alpha value is -1.86. The lowest BCUT2D eigenvalue weighted by atomic mass is 10.3. The lowest BCUT2D eigenvalue weighted by Gasteiger charge is -2.01. The second kappa shape index (κ2) is 3.48. The first-order valence-electron chi connectivity index (χ1n) is 3.25. The largest absolute Gasteiger partial charge is 0.501 e. The van der Waals surface area contributed by atoms with Crippen molar-refractivity contribution in [1.29, 1.82) is 0 Å². The van der Waals surface area contributed by atoms with Crippen LogP contribution in [-0.2, 0) is 0 Å². The van der Waals surface area contributed by atoms with Crippen molar-refractivity contribution in [2.45, 2.75) is 6.43 Å². The number of aromatic nitrogens is 1. The molecular weight excluding hydrogens is 205 g/mol. The van der Waals surface area contributed by atoms with Crippen LogP contribution in [0, 0.1) is 15.9 Å². The van der Waals surface area contributed by atoms with Gasteiger partial charge in [0, 0.05) is 0 Å². The average molecular weight is 208 g/mol. The van der Waals surface area contributed by atoms with Gasteiger partial charge in [0.05, 0.1) is 11.1 Å². The first-order valence-corrected chi connectivity index (χ1v) is 3.25.